The van der Waals surface area contributed by atoms with E-state index in [9.17, 15) is 4.79 Å². The molecule has 0 fully saturated rings. The fourth-order valence-corrected chi connectivity index (χ4v) is 2.63. The summed E-state index contributed by atoms with van der Waals surface area (Å²) in [6.07, 6.45) is 4.32. The van der Waals surface area contributed by atoms with Gasteiger partial charge in [-0.15, -0.1) is 0 Å². The summed E-state index contributed by atoms with van der Waals surface area (Å²) < 4.78 is 0. The number of fused-ring (bicyclic) bond motifs is 1. The lowest BCUT2D eigenvalue weighted by Gasteiger charge is -2.10. The molecule has 6 nitrogen and oxygen atoms in total. The molecule has 0 spiro atoms. The second kappa shape index (κ2) is 6.09. The number of hydrogen-bond acceptors (Lipinski definition) is 5. The first-order chi connectivity index (χ1) is 12.2. The molecule has 0 bridgehead atoms. The molecular formula is C19H15N5O. The van der Waals surface area contributed by atoms with Gasteiger partial charge in [0.2, 0.25) is 0 Å². The molecule has 4 N–H and O–H groups in total. The summed E-state index contributed by atoms with van der Waals surface area (Å²) in [7, 11) is 0. The van der Waals surface area contributed by atoms with E-state index in [4.69, 9.17) is 5.73 Å². The van der Waals surface area contributed by atoms with Gasteiger partial charge in [0.1, 0.15) is 6.29 Å². The minimum atomic E-state index is 0.322. The molecule has 0 unspecified atom stereocenters. The second-order valence-electron chi connectivity index (χ2n) is 5.63. The fraction of sp³-hybridized carbons (Fsp3) is 0. The van der Waals surface area contributed by atoms with Crippen molar-refractivity contribution in [3.63, 3.8) is 0 Å². The molecular weight excluding hydrogens is 314 g/mol. The Hall–Kier alpha value is -3.67. The van der Waals surface area contributed by atoms with E-state index in [1.54, 1.807) is 18.3 Å². The predicted molar refractivity (Wildman–Crippen MR) is 98.8 cm³/mol. The molecule has 0 atom stereocenters. The van der Waals surface area contributed by atoms with Crippen LogP contribution < -0.4 is 11.1 Å². The van der Waals surface area contributed by atoms with Crippen LogP contribution in [-0.4, -0.2) is 21.2 Å². The monoisotopic (exact) mass is 329 g/mol. The van der Waals surface area contributed by atoms with Crippen LogP contribution in [0.5, 0.6) is 0 Å². The van der Waals surface area contributed by atoms with Crippen LogP contribution in [0.3, 0.4) is 0 Å². The number of carbonyl (C=O) groups is 1. The highest BCUT2D eigenvalue weighted by molar-refractivity contribution is 5.84. The summed E-state index contributed by atoms with van der Waals surface area (Å²) in [6, 6.07) is 15.1. The highest BCUT2D eigenvalue weighted by Crippen LogP contribution is 2.26. The number of aldehydes is 1. The lowest BCUT2D eigenvalue weighted by Crippen LogP contribution is -2.02. The van der Waals surface area contributed by atoms with Crippen LogP contribution in [0.1, 0.15) is 10.4 Å². The number of nitrogens with zero attached hydrogens (tertiary/aromatic N) is 2. The van der Waals surface area contributed by atoms with Gasteiger partial charge in [0.05, 0.1) is 11.9 Å². The number of hydrogen-bond donors (Lipinski definition) is 3. The molecule has 2 aromatic heterocycles. The maximum absolute atomic E-state index is 10.8. The van der Waals surface area contributed by atoms with Crippen molar-refractivity contribution in [1.82, 2.24) is 15.0 Å². The topological polar surface area (TPSA) is 96.7 Å². The third kappa shape index (κ3) is 2.92. The number of aromatic nitrogens is 3. The number of benzene rings is 2. The zero-order valence-corrected chi connectivity index (χ0v) is 13.2. The molecule has 0 aliphatic heterocycles. The van der Waals surface area contributed by atoms with E-state index >= 15 is 0 Å². The van der Waals surface area contributed by atoms with Crippen LogP contribution in [-0.2, 0) is 0 Å². The Kier molecular flexibility index (Phi) is 3.63. The van der Waals surface area contributed by atoms with Crippen molar-refractivity contribution in [3.8, 4) is 11.3 Å². The van der Waals surface area contributed by atoms with Gasteiger partial charge in [-0.25, -0.2) is 9.97 Å². The molecule has 0 radical (unpaired) electrons. The van der Waals surface area contributed by atoms with Gasteiger partial charge in [-0.05, 0) is 24.3 Å². The van der Waals surface area contributed by atoms with Gasteiger partial charge < -0.3 is 16.0 Å². The third-order valence-electron chi connectivity index (χ3n) is 3.96. The maximum Gasteiger partial charge on any atom is 0.173 e. The average molecular weight is 329 g/mol. The van der Waals surface area contributed by atoms with Crippen molar-refractivity contribution in [2.24, 2.45) is 0 Å². The van der Waals surface area contributed by atoms with E-state index in [0.29, 0.717) is 22.9 Å². The van der Waals surface area contributed by atoms with Gasteiger partial charge >= 0.3 is 0 Å². The second-order valence-corrected chi connectivity index (χ2v) is 5.63. The number of H-pyrrole nitrogens is 1. The van der Waals surface area contributed by atoms with Gasteiger partial charge in [-0.3, -0.25) is 4.79 Å². The third-order valence-corrected chi connectivity index (χ3v) is 3.96. The number of nitrogens with one attached hydrogen (secondary N) is 2. The number of rotatable bonds is 4. The zero-order valence-electron chi connectivity index (χ0n) is 13.2. The highest BCUT2D eigenvalue weighted by Gasteiger charge is 2.08. The molecule has 0 aliphatic carbocycles. The van der Waals surface area contributed by atoms with E-state index in [1.165, 1.54) is 0 Å². The first kappa shape index (κ1) is 14.9. The SMILES string of the molecule is Nc1ncc(-c2ccc(C=O)cc2)nc1Nc1ccc2[nH]ccc2c1. The lowest BCUT2D eigenvalue weighted by molar-refractivity contribution is 0.112. The van der Waals surface area contributed by atoms with Crippen LogP contribution in [0.25, 0.3) is 22.2 Å². The van der Waals surface area contributed by atoms with E-state index in [-0.39, 0.29) is 0 Å². The number of carbonyl (C=O) groups excluding carboxylic acids is 1. The summed E-state index contributed by atoms with van der Waals surface area (Å²) in [5.41, 5.74) is 10.1. The Morgan fingerprint density at radius 1 is 1.08 bits per heavy atom. The van der Waals surface area contributed by atoms with Crippen molar-refractivity contribution in [3.05, 3.63) is 66.5 Å². The number of nitrogens with two attached hydrogens (primary N) is 1. The normalized spacial score (nSPS) is 10.7. The summed E-state index contributed by atoms with van der Waals surface area (Å²) >= 11 is 0. The smallest absolute Gasteiger partial charge is 0.173 e. The maximum atomic E-state index is 10.8. The molecule has 0 aliphatic rings. The Labute approximate surface area is 143 Å². The molecule has 6 heteroatoms. The molecule has 122 valence electrons. The Morgan fingerprint density at radius 3 is 2.72 bits per heavy atom. The average Bonchev–Trinajstić information content (AvgIpc) is 3.11. The van der Waals surface area contributed by atoms with Crippen LogP contribution >= 0.6 is 0 Å². The molecule has 2 heterocycles. The Bertz CT molecular complexity index is 1050. The zero-order chi connectivity index (χ0) is 17.2. The summed E-state index contributed by atoms with van der Waals surface area (Å²) in [5.74, 6) is 0.814. The lowest BCUT2D eigenvalue weighted by atomic mass is 10.1. The van der Waals surface area contributed by atoms with Crippen molar-refractivity contribution < 1.29 is 4.79 Å². The standard InChI is InChI=1S/C19H15N5O/c20-18-19(23-15-5-6-16-14(9-15)7-8-21-16)24-17(10-22-18)13-3-1-12(11-25)2-4-13/h1-11,21H,(H2,20,22)(H,23,24). The number of nitrogen functional groups attached to an aromatic ring is 1. The van der Waals surface area contributed by atoms with Gasteiger partial charge in [0.15, 0.2) is 11.6 Å². The summed E-state index contributed by atoms with van der Waals surface area (Å²) in [5, 5.41) is 4.31. The van der Waals surface area contributed by atoms with Crippen molar-refractivity contribution in [2.75, 3.05) is 11.1 Å². The molecule has 4 rings (SSSR count). The van der Waals surface area contributed by atoms with Gasteiger partial charge in [0.25, 0.3) is 0 Å². The van der Waals surface area contributed by atoms with Crippen LogP contribution in [0.15, 0.2) is 60.9 Å². The Morgan fingerprint density at radius 2 is 1.92 bits per heavy atom. The van der Waals surface area contributed by atoms with E-state index < -0.39 is 0 Å². The fourth-order valence-electron chi connectivity index (χ4n) is 2.63. The predicted octanol–water partition coefficient (Wildman–Crippen LogP) is 3.76. The van der Waals surface area contributed by atoms with Crippen molar-refractivity contribution >= 4 is 34.5 Å². The van der Waals surface area contributed by atoms with Gasteiger partial charge in [-0.1, -0.05) is 24.3 Å². The Balaban J connectivity index is 1.67. The molecule has 2 aromatic carbocycles. The first-order valence-corrected chi connectivity index (χ1v) is 7.75. The van der Waals surface area contributed by atoms with E-state index in [0.717, 1.165) is 28.4 Å². The minimum Gasteiger partial charge on any atom is -0.381 e. The summed E-state index contributed by atoms with van der Waals surface area (Å²) in [4.78, 5) is 22.7. The minimum absolute atomic E-state index is 0.322. The first-order valence-electron chi connectivity index (χ1n) is 7.75. The van der Waals surface area contributed by atoms with E-state index in [2.05, 4.69) is 20.3 Å². The van der Waals surface area contributed by atoms with Crippen LogP contribution in [0.2, 0.25) is 0 Å². The van der Waals surface area contributed by atoms with Crippen molar-refractivity contribution in [1.29, 1.82) is 0 Å². The molecule has 25 heavy (non-hydrogen) atoms. The van der Waals surface area contributed by atoms with Crippen molar-refractivity contribution in [2.45, 2.75) is 0 Å². The molecule has 0 saturated carbocycles. The largest absolute Gasteiger partial charge is 0.381 e. The highest BCUT2D eigenvalue weighted by atomic mass is 16.1. The van der Waals surface area contributed by atoms with Crippen LogP contribution in [0, 0.1) is 0 Å². The number of anilines is 3. The molecule has 0 saturated heterocycles. The van der Waals surface area contributed by atoms with Gasteiger partial charge in [-0.2, -0.15) is 0 Å². The number of aromatic amines is 1. The van der Waals surface area contributed by atoms with Crippen LogP contribution in [0.4, 0.5) is 17.3 Å². The summed E-state index contributed by atoms with van der Waals surface area (Å²) in [6.45, 7) is 0. The van der Waals surface area contributed by atoms with E-state index in [1.807, 2.05) is 42.6 Å². The quantitative estimate of drug-likeness (QED) is 0.495. The molecule has 4 aromatic rings. The van der Waals surface area contributed by atoms with Gasteiger partial charge in [0, 0.05) is 33.9 Å². The molecule has 0 amide bonds.